The molecule has 0 aromatic heterocycles. The predicted octanol–water partition coefficient (Wildman–Crippen LogP) is 1.98. The number of nitrogens with zero attached hydrogens (tertiary/aromatic N) is 1. The molecule has 0 atom stereocenters. The van der Waals surface area contributed by atoms with Gasteiger partial charge in [0.15, 0.2) is 0 Å². The molecule has 25 heavy (non-hydrogen) atoms. The second-order valence-corrected chi connectivity index (χ2v) is 9.36. The van der Waals surface area contributed by atoms with Gasteiger partial charge in [0.25, 0.3) is 5.91 Å². The molecule has 7 heteroatoms. The van der Waals surface area contributed by atoms with Gasteiger partial charge in [0.2, 0.25) is 10.0 Å². The standard InChI is InChI=1S/C18H29N3O3S/c1-18(2,3)20-11-7-10-19-17(22)15-8-6-9-16(14-15)25(23,24)21-12-4-5-13-21/h6,8-9,14,20H,4-5,7,10-13H2,1-3H3,(H,19,22). The van der Waals surface area contributed by atoms with Gasteiger partial charge in [-0.1, -0.05) is 6.07 Å². The summed E-state index contributed by atoms with van der Waals surface area (Å²) < 4.78 is 26.7. The van der Waals surface area contributed by atoms with Crippen molar-refractivity contribution in [2.45, 2.75) is 50.5 Å². The van der Waals surface area contributed by atoms with E-state index in [0.29, 0.717) is 25.2 Å². The van der Waals surface area contributed by atoms with E-state index < -0.39 is 10.0 Å². The molecule has 0 aliphatic carbocycles. The Morgan fingerprint density at radius 1 is 1.16 bits per heavy atom. The molecule has 0 bridgehead atoms. The fraction of sp³-hybridized carbons (Fsp3) is 0.611. The summed E-state index contributed by atoms with van der Waals surface area (Å²) in [4.78, 5) is 12.5. The molecule has 6 nitrogen and oxygen atoms in total. The van der Waals surface area contributed by atoms with Crippen LogP contribution in [0.4, 0.5) is 0 Å². The first kappa shape index (κ1) is 19.9. The van der Waals surface area contributed by atoms with Crippen molar-refractivity contribution in [2.75, 3.05) is 26.2 Å². The van der Waals surface area contributed by atoms with Crippen molar-refractivity contribution in [3.8, 4) is 0 Å². The van der Waals surface area contributed by atoms with Crippen LogP contribution in [0.3, 0.4) is 0 Å². The van der Waals surface area contributed by atoms with Gasteiger partial charge in [-0.05, 0) is 64.8 Å². The predicted molar refractivity (Wildman–Crippen MR) is 99.1 cm³/mol. The quantitative estimate of drug-likeness (QED) is 0.723. The molecule has 2 N–H and O–H groups in total. The number of hydrogen-bond acceptors (Lipinski definition) is 4. The van der Waals surface area contributed by atoms with Gasteiger partial charge in [0, 0.05) is 30.7 Å². The minimum Gasteiger partial charge on any atom is -0.352 e. The van der Waals surface area contributed by atoms with E-state index in [9.17, 15) is 13.2 Å². The summed E-state index contributed by atoms with van der Waals surface area (Å²) in [6, 6.07) is 6.29. The van der Waals surface area contributed by atoms with Crippen LogP contribution in [0.25, 0.3) is 0 Å². The second kappa shape index (κ2) is 8.29. The fourth-order valence-corrected chi connectivity index (χ4v) is 4.29. The number of hydrogen-bond donors (Lipinski definition) is 2. The van der Waals surface area contributed by atoms with Gasteiger partial charge in [0.1, 0.15) is 0 Å². The largest absolute Gasteiger partial charge is 0.352 e. The number of nitrogens with one attached hydrogen (secondary N) is 2. The average Bonchev–Trinajstić information content (AvgIpc) is 3.08. The number of carbonyl (C=O) groups excluding carboxylic acids is 1. The Bertz CT molecular complexity index is 690. The Kier molecular flexibility index (Phi) is 6.59. The van der Waals surface area contributed by atoms with Crippen molar-refractivity contribution in [3.63, 3.8) is 0 Å². The first-order chi connectivity index (χ1) is 11.7. The minimum atomic E-state index is -3.50. The average molecular weight is 368 g/mol. The number of benzene rings is 1. The molecule has 1 aliphatic rings. The van der Waals surface area contributed by atoms with Crippen molar-refractivity contribution in [1.82, 2.24) is 14.9 Å². The van der Waals surface area contributed by atoms with E-state index in [1.807, 2.05) is 0 Å². The van der Waals surface area contributed by atoms with E-state index in [0.717, 1.165) is 25.8 Å². The SMILES string of the molecule is CC(C)(C)NCCCNC(=O)c1cccc(S(=O)(=O)N2CCCC2)c1. The van der Waals surface area contributed by atoms with E-state index in [-0.39, 0.29) is 16.3 Å². The Morgan fingerprint density at radius 2 is 1.84 bits per heavy atom. The Morgan fingerprint density at radius 3 is 2.48 bits per heavy atom. The highest BCUT2D eigenvalue weighted by Gasteiger charge is 2.27. The number of sulfonamides is 1. The monoisotopic (exact) mass is 367 g/mol. The van der Waals surface area contributed by atoms with Crippen molar-refractivity contribution in [2.24, 2.45) is 0 Å². The summed E-state index contributed by atoms with van der Waals surface area (Å²) >= 11 is 0. The van der Waals surface area contributed by atoms with Gasteiger partial charge in [-0.2, -0.15) is 4.31 Å². The summed E-state index contributed by atoms with van der Waals surface area (Å²) in [5.74, 6) is -0.241. The molecule has 0 radical (unpaired) electrons. The molecule has 1 saturated heterocycles. The number of rotatable bonds is 7. The molecular formula is C18H29N3O3S. The van der Waals surface area contributed by atoms with Crippen LogP contribution in [-0.4, -0.2) is 50.3 Å². The van der Waals surface area contributed by atoms with Crippen molar-refractivity contribution in [3.05, 3.63) is 29.8 Å². The fourth-order valence-electron chi connectivity index (χ4n) is 2.73. The van der Waals surface area contributed by atoms with E-state index in [1.165, 1.54) is 10.4 Å². The summed E-state index contributed by atoms with van der Waals surface area (Å²) in [6.07, 6.45) is 2.60. The lowest BCUT2D eigenvalue weighted by atomic mass is 10.1. The molecular weight excluding hydrogens is 338 g/mol. The van der Waals surface area contributed by atoms with E-state index in [1.54, 1.807) is 18.2 Å². The zero-order valence-corrected chi connectivity index (χ0v) is 16.2. The first-order valence-corrected chi connectivity index (χ1v) is 10.3. The lowest BCUT2D eigenvalue weighted by Gasteiger charge is -2.20. The molecule has 0 unspecified atom stereocenters. The molecule has 2 rings (SSSR count). The van der Waals surface area contributed by atoms with Crippen molar-refractivity contribution in [1.29, 1.82) is 0 Å². The highest BCUT2D eigenvalue weighted by atomic mass is 32.2. The smallest absolute Gasteiger partial charge is 0.251 e. The summed E-state index contributed by atoms with van der Waals surface area (Å²) in [5, 5.41) is 6.21. The third kappa shape index (κ3) is 5.80. The Balaban J connectivity index is 1.93. The minimum absolute atomic E-state index is 0.0578. The summed E-state index contributed by atoms with van der Waals surface area (Å²) in [6.45, 7) is 8.75. The van der Waals surface area contributed by atoms with Crippen LogP contribution < -0.4 is 10.6 Å². The van der Waals surface area contributed by atoms with Crippen LogP contribution in [0.1, 0.15) is 50.4 Å². The third-order valence-corrected chi connectivity index (χ3v) is 5.99. The van der Waals surface area contributed by atoms with E-state index in [4.69, 9.17) is 0 Å². The molecule has 0 spiro atoms. The highest BCUT2D eigenvalue weighted by Crippen LogP contribution is 2.21. The summed E-state index contributed by atoms with van der Waals surface area (Å²) in [7, 11) is -3.50. The third-order valence-electron chi connectivity index (χ3n) is 4.09. The van der Waals surface area contributed by atoms with Gasteiger partial charge in [-0.3, -0.25) is 4.79 Å². The molecule has 0 saturated carbocycles. The van der Waals surface area contributed by atoms with Crippen LogP contribution in [-0.2, 0) is 10.0 Å². The molecule has 1 fully saturated rings. The maximum Gasteiger partial charge on any atom is 0.251 e. The Labute approximate surface area is 151 Å². The van der Waals surface area contributed by atoms with Crippen LogP contribution in [0.15, 0.2) is 29.2 Å². The molecule has 1 aromatic carbocycles. The zero-order chi connectivity index (χ0) is 18.5. The molecule has 1 heterocycles. The normalized spacial score (nSPS) is 16.1. The molecule has 1 amide bonds. The lowest BCUT2D eigenvalue weighted by molar-refractivity contribution is 0.0953. The van der Waals surface area contributed by atoms with Gasteiger partial charge < -0.3 is 10.6 Å². The second-order valence-electron chi connectivity index (χ2n) is 7.43. The van der Waals surface area contributed by atoms with Crippen molar-refractivity contribution >= 4 is 15.9 Å². The van der Waals surface area contributed by atoms with E-state index in [2.05, 4.69) is 31.4 Å². The molecule has 1 aromatic rings. The van der Waals surface area contributed by atoms with Crippen LogP contribution in [0.5, 0.6) is 0 Å². The lowest BCUT2D eigenvalue weighted by Crippen LogP contribution is -2.37. The van der Waals surface area contributed by atoms with Crippen LogP contribution in [0, 0.1) is 0 Å². The molecule has 140 valence electrons. The number of carbonyl (C=O) groups is 1. The highest BCUT2D eigenvalue weighted by molar-refractivity contribution is 7.89. The molecule has 1 aliphatic heterocycles. The van der Waals surface area contributed by atoms with Gasteiger partial charge in [-0.15, -0.1) is 0 Å². The van der Waals surface area contributed by atoms with Crippen molar-refractivity contribution < 1.29 is 13.2 Å². The Hall–Kier alpha value is -1.44. The topological polar surface area (TPSA) is 78.5 Å². The number of amides is 1. The maximum absolute atomic E-state index is 12.6. The van der Waals surface area contributed by atoms with Crippen LogP contribution >= 0.6 is 0 Å². The maximum atomic E-state index is 12.6. The first-order valence-electron chi connectivity index (χ1n) is 8.84. The van der Waals surface area contributed by atoms with Gasteiger partial charge in [-0.25, -0.2) is 8.42 Å². The van der Waals surface area contributed by atoms with Crippen LogP contribution in [0.2, 0.25) is 0 Å². The van der Waals surface area contributed by atoms with E-state index >= 15 is 0 Å². The zero-order valence-electron chi connectivity index (χ0n) is 15.3. The summed E-state index contributed by atoms with van der Waals surface area (Å²) in [5.41, 5.74) is 0.437. The van der Waals surface area contributed by atoms with Gasteiger partial charge >= 0.3 is 0 Å². The van der Waals surface area contributed by atoms with Gasteiger partial charge in [0.05, 0.1) is 4.90 Å².